The van der Waals surface area contributed by atoms with Crippen LogP contribution in [-0.4, -0.2) is 24.7 Å². The Kier molecular flexibility index (Phi) is 5.55. The number of alkyl halides is 3. The molecular formula is C12H17F3N2O. The van der Waals surface area contributed by atoms with Gasteiger partial charge in [0.25, 0.3) is 0 Å². The van der Waals surface area contributed by atoms with E-state index < -0.39 is 17.8 Å². The van der Waals surface area contributed by atoms with Crippen LogP contribution in [-0.2, 0) is 10.9 Å². The molecule has 1 N–H and O–H groups in total. The van der Waals surface area contributed by atoms with Crippen LogP contribution >= 0.6 is 0 Å². The van der Waals surface area contributed by atoms with E-state index in [2.05, 4.69) is 10.3 Å². The standard InChI is InChI=1S/C12H17F3N2O/c1-3-17-11(8-18-4-2)9-7-16-6-5-10(9)12(13,14)15/h5-7,11,17H,3-4,8H2,1-2H3. The van der Waals surface area contributed by atoms with Gasteiger partial charge in [0, 0.05) is 24.6 Å². The third kappa shape index (κ3) is 3.96. The molecule has 6 heteroatoms. The van der Waals surface area contributed by atoms with E-state index in [9.17, 15) is 13.2 Å². The summed E-state index contributed by atoms with van der Waals surface area (Å²) in [4.78, 5) is 3.77. The molecule has 0 aromatic carbocycles. The summed E-state index contributed by atoms with van der Waals surface area (Å²) in [7, 11) is 0. The highest BCUT2D eigenvalue weighted by molar-refractivity contribution is 5.29. The maximum absolute atomic E-state index is 12.9. The molecule has 18 heavy (non-hydrogen) atoms. The van der Waals surface area contributed by atoms with Gasteiger partial charge in [0.15, 0.2) is 0 Å². The number of nitrogens with one attached hydrogen (secondary N) is 1. The van der Waals surface area contributed by atoms with Gasteiger partial charge in [0.05, 0.1) is 18.2 Å². The Morgan fingerprint density at radius 3 is 2.67 bits per heavy atom. The first kappa shape index (κ1) is 14.9. The summed E-state index contributed by atoms with van der Waals surface area (Å²) in [6.45, 7) is 4.85. The molecule has 1 rings (SSSR count). The van der Waals surface area contributed by atoms with Crippen molar-refractivity contribution in [2.24, 2.45) is 0 Å². The summed E-state index contributed by atoms with van der Waals surface area (Å²) in [5.74, 6) is 0. The van der Waals surface area contributed by atoms with E-state index in [0.29, 0.717) is 13.2 Å². The molecule has 0 aliphatic rings. The van der Waals surface area contributed by atoms with E-state index in [0.717, 1.165) is 12.3 Å². The van der Waals surface area contributed by atoms with Crippen LogP contribution in [0.4, 0.5) is 13.2 Å². The lowest BCUT2D eigenvalue weighted by Crippen LogP contribution is -2.28. The Morgan fingerprint density at radius 1 is 1.39 bits per heavy atom. The molecule has 0 radical (unpaired) electrons. The first-order valence-electron chi connectivity index (χ1n) is 5.82. The highest BCUT2D eigenvalue weighted by Gasteiger charge is 2.35. The number of ether oxygens (including phenoxy) is 1. The van der Waals surface area contributed by atoms with Crippen molar-refractivity contribution >= 4 is 0 Å². The fourth-order valence-electron chi connectivity index (χ4n) is 1.68. The molecule has 0 amide bonds. The first-order chi connectivity index (χ1) is 8.50. The molecule has 1 aromatic rings. The van der Waals surface area contributed by atoms with E-state index in [1.807, 2.05) is 6.92 Å². The number of hydrogen-bond donors (Lipinski definition) is 1. The molecule has 102 valence electrons. The van der Waals surface area contributed by atoms with E-state index in [1.165, 1.54) is 6.20 Å². The van der Waals surface area contributed by atoms with Gasteiger partial charge in [0.2, 0.25) is 0 Å². The van der Waals surface area contributed by atoms with Gasteiger partial charge in [-0.05, 0) is 19.5 Å². The van der Waals surface area contributed by atoms with Gasteiger partial charge in [-0.3, -0.25) is 4.98 Å². The quantitative estimate of drug-likeness (QED) is 0.856. The Labute approximate surface area is 104 Å². The highest BCUT2D eigenvalue weighted by Crippen LogP contribution is 2.34. The third-order valence-electron chi connectivity index (χ3n) is 2.47. The van der Waals surface area contributed by atoms with Crippen molar-refractivity contribution in [3.63, 3.8) is 0 Å². The van der Waals surface area contributed by atoms with Crippen LogP contribution < -0.4 is 5.32 Å². The fraction of sp³-hybridized carbons (Fsp3) is 0.583. The van der Waals surface area contributed by atoms with Crippen LogP contribution in [0.3, 0.4) is 0 Å². The molecule has 0 aliphatic carbocycles. The number of likely N-dealkylation sites (N-methyl/N-ethyl adjacent to an activating group) is 1. The van der Waals surface area contributed by atoms with Gasteiger partial charge in [-0.15, -0.1) is 0 Å². The maximum atomic E-state index is 12.9. The van der Waals surface area contributed by atoms with Gasteiger partial charge in [-0.2, -0.15) is 13.2 Å². The first-order valence-corrected chi connectivity index (χ1v) is 5.82. The van der Waals surface area contributed by atoms with Gasteiger partial charge in [0.1, 0.15) is 0 Å². The topological polar surface area (TPSA) is 34.1 Å². The number of hydrogen-bond acceptors (Lipinski definition) is 3. The lowest BCUT2D eigenvalue weighted by Gasteiger charge is -2.21. The number of pyridine rings is 1. The van der Waals surface area contributed by atoms with Crippen molar-refractivity contribution in [1.82, 2.24) is 10.3 Å². The Bertz CT molecular complexity index is 369. The van der Waals surface area contributed by atoms with Crippen LogP contribution in [0.15, 0.2) is 18.5 Å². The molecule has 3 nitrogen and oxygen atoms in total. The van der Waals surface area contributed by atoms with Gasteiger partial charge < -0.3 is 10.1 Å². The van der Waals surface area contributed by atoms with Crippen molar-refractivity contribution in [2.75, 3.05) is 19.8 Å². The molecule has 0 saturated carbocycles. The van der Waals surface area contributed by atoms with Gasteiger partial charge in [-0.25, -0.2) is 0 Å². The summed E-state index contributed by atoms with van der Waals surface area (Å²) in [5.41, 5.74) is -0.538. The smallest absolute Gasteiger partial charge is 0.380 e. The number of halogens is 3. The second-order valence-electron chi connectivity index (χ2n) is 3.73. The molecule has 1 atom stereocenters. The van der Waals surface area contributed by atoms with Crippen molar-refractivity contribution in [3.05, 3.63) is 29.6 Å². The maximum Gasteiger partial charge on any atom is 0.416 e. The van der Waals surface area contributed by atoms with Crippen LogP contribution in [0.5, 0.6) is 0 Å². The van der Waals surface area contributed by atoms with E-state index in [4.69, 9.17) is 4.74 Å². The largest absolute Gasteiger partial charge is 0.416 e. The summed E-state index contributed by atoms with van der Waals surface area (Å²) < 4.78 is 43.8. The molecule has 0 bridgehead atoms. The fourth-order valence-corrected chi connectivity index (χ4v) is 1.68. The van der Waals surface area contributed by atoms with Crippen LogP contribution in [0, 0.1) is 0 Å². The molecule has 0 aliphatic heterocycles. The molecule has 1 aromatic heterocycles. The molecule has 1 unspecified atom stereocenters. The zero-order valence-corrected chi connectivity index (χ0v) is 10.4. The number of nitrogens with zero attached hydrogens (tertiary/aromatic N) is 1. The Morgan fingerprint density at radius 2 is 2.11 bits per heavy atom. The SMILES string of the molecule is CCNC(COCC)c1cnccc1C(F)(F)F. The zero-order valence-electron chi connectivity index (χ0n) is 10.4. The second kappa shape index (κ2) is 6.70. The van der Waals surface area contributed by atoms with Crippen LogP contribution in [0.1, 0.15) is 31.0 Å². The Hall–Kier alpha value is -1.14. The zero-order chi connectivity index (χ0) is 13.6. The normalized spacial score (nSPS) is 13.6. The predicted octanol–water partition coefficient (Wildman–Crippen LogP) is 2.79. The van der Waals surface area contributed by atoms with E-state index >= 15 is 0 Å². The summed E-state index contributed by atoms with van der Waals surface area (Å²) in [6.07, 6.45) is -1.98. The highest BCUT2D eigenvalue weighted by atomic mass is 19.4. The summed E-state index contributed by atoms with van der Waals surface area (Å²) in [6, 6.07) is 0.492. The molecule has 0 fully saturated rings. The molecule has 1 heterocycles. The minimum Gasteiger partial charge on any atom is -0.380 e. The number of rotatable bonds is 6. The monoisotopic (exact) mass is 262 g/mol. The minimum absolute atomic E-state index is 0.125. The van der Waals surface area contributed by atoms with Crippen molar-refractivity contribution in [3.8, 4) is 0 Å². The average Bonchev–Trinajstić information content (AvgIpc) is 2.33. The predicted molar refractivity (Wildman–Crippen MR) is 62.1 cm³/mol. The molecular weight excluding hydrogens is 245 g/mol. The van der Waals surface area contributed by atoms with Crippen LogP contribution in [0.2, 0.25) is 0 Å². The lowest BCUT2D eigenvalue weighted by molar-refractivity contribution is -0.138. The van der Waals surface area contributed by atoms with E-state index in [1.54, 1.807) is 6.92 Å². The number of aromatic nitrogens is 1. The average molecular weight is 262 g/mol. The summed E-state index contributed by atoms with van der Waals surface area (Å²) >= 11 is 0. The second-order valence-corrected chi connectivity index (χ2v) is 3.73. The third-order valence-corrected chi connectivity index (χ3v) is 2.47. The summed E-state index contributed by atoms with van der Waals surface area (Å²) in [5, 5.41) is 2.98. The van der Waals surface area contributed by atoms with Gasteiger partial charge >= 0.3 is 6.18 Å². The van der Waals surface area contributed by atoms with Crippen LogP contribution in [0.25, 0.3) is 0 Å². The van der Waals surface area contributed by atoms with Crippen molar-refractivity contribution in [1.29, 1.82) is 0 Å². The lowest BCUT2D eigenvalue weighted by atomic mass is 10.0. The minimum atomic E-state index is -4.38. The van der Waals surface area contributed by atoms with Crippen molar-refractivity contribution in [2.45, 2.75) is 26.1 Å². The van der Waals surface area contributed by atoms with Crippen molar-refractivity contribution < 1.29 is 17.9 Å². The molecule has 0 spiro atoms. The van der Waals surface area contributed by atoms with E-state index in [-0.39, 0.29) is 12.2 Å². The van der Waals surface area contributed by atoms with Gasteiger partial charge in [-0.1, -0.05) is 6.92 Å². The molecule has 0 saturated heterocycles. The Balaban J connectivity index is 3.03.